The maximum atomic E-state index is 12.8. The summed E-state index contributed by atoms with van der Waals surface area (Å²) in [7, 11) is 0. The van der Waals surface area contributed by atoms with Gasteiger partial charge in [0.05, 0.1) is 16.6 Å². The first-order chi connectivity index (χ1) is 12.5. The van der Waals surface area contributed by atoms with Crippen LogP contribution in [0.5, 0.6) is 0 Å². The van der Waals surface area contributed by atoms with Gasteiger partial charge < -0.3 is 5.32 Å². The number of benzene rings is 2. The quantitative estimate of drug-likeness (QED) is 0.788. The fourth-order valence-corrected chi connectivity index (χ4v) is 3.31. The van der Waals surface area contributed by atoms with Crippen LogP contribution in [0.25, 0.3) is 16.6 Å². The number of hydrogen-bond acceptors (Lipinski definition) is 3. The van der Waals surface area contributed by atoms with Gasteiger partial charge in [-0.15, -0.1) is 0 Å². The van der Waals surface area contributed by atoms with E-state index in [2.05, 4.69) is 10.3 Å². The maximum absolute atomic E-state index is 12.8. The fraction of sp³-hybridized carbons (Fsp3) is 0.286. The lowest BCUT2D eigenvalue weighted by molar-refractivity contribution is 0.0936. The number of aromatic nitrogens is 2. The molecule has 0 saturated heterocycles. The van der Waals surface area contributed by atoms with Crippen LogP contribution in [-0.4, -0.2) is 21.5 Å². The average molecular weight is 347 g/mol. The number of carbonyl (C=O) groups excluding carboxylic acids is 1. The molecule has 0 bridgehead atoms. The Hall–Kier alpha value is -2.95. The number of fused-ring (bicyclic) bond motifs is 1. The predicted molar refractivity (Wildman–Crippen MR) is 102 cm³/mol. The van der Waals surface area contributed by atoms with E-state index >= 15 is 0 Å². The van der Waals surface area contributed by atoms with Gasteiger partial charge in [0.2, 0.25) is 0 Å². The molecule has 3 aromatic rings. The van der Waals surface area contributed by atoms with E-state index in [0.717, 1.165) is 0 Å². The van der Waals surface area contributed by atoms with Crippen LogP contribution in [0, 0.1) is 12.8 Å². The van der Waals surface area contributed by atoms with Gasteiger partial charge in [-0.2, -0.15) is 0 Å². The second-order valence-electron chi connectivity index (χ2n) is 6.96. The van der Waals surface area contributed by atoms with Crippen LogP contribution < -0.4 is 10.9 Å². The summed E-state index contributed by atoms with van der Waals surface area (Å²) in [4.78, 5) is 29.7. The number of rotatable bonds is 4. The van der Waals surface area contributed by atoms with Crippen molar-refractivity contribution in [2.45, 2.75) is 32.7 Å². The minimum Gasteiger partial charge on any atom is -0.349 e. The smallest absolute Gasteiger partial charge is 0.265 e. The van der Waals surface area contributed by atoms with Gasteiger partial charge in [-0.05, 0) is 69.0 Å². The Morgan fingerprint density at radius 3 is 2.54 bits per heavy atom. The van der Waals surface area contributed by atoms with Crippen molar-refractivity contribution >= 4 is 16.8 Å². The van der Waals surface area contributed by atoms with Crippen molar-refractivity contribution in [3.05, 3.63) is 70.3 Å². The molecule has 1 saturated carbocycles. The van der Waals surface area contributed by atoms with Crippen molar-refractivity contribution in [1.82, 2.24) is 14.9 Å². The molecule has 1 heterocycles. The Kier molecular flexibility index (Phi) is 4.07. The number of carbonyl (C=O) groups is 1. The molecule has 1 fully saturated rings. The summed E-state index contributed by atoms with van der Waals surface area (Å²) in [5, 5.41) is 3.63. The highest BCUT2D eigenvalue weighted by molar-refractivity contribution is 5.94. The molecule has 5 nitrogen and oxygen atoms in total. The maximum Gasteiger partial charge on any atom is 0.265 e. The molecule has 1 aliphatic rings. The largest absolute Gasteiger partial charge is 0.349 e. The molecule has 26 heavy (non-hydrogen) atoms. The third-order valence-corrected chi connectivity index (χ3v) is 5.02. The molecule has 0 aliphatic heterocycles. The highest BCUT2D eigenvalue weighted by Crippen LogP contribution is 2.32. The summed E-state index contributed by atoms with van der Waals surface area (Å²) in [5.41, 5.74) is 1.89. The van der Waals surface area contributed by atoms with Crippen LogP contribution in [0.1, 0.15) is 35.9 Å². The molecule has 1 amide bonds. The van der Waals surface area contributed by atoms with Gasteiger partial charge in [0.1, 0.15) is 5.82 Å². The molecule has 132 valence electrons. The molecule has 5 heteroatoms. The third-order valence-electron chi connectivity index (χ3n) is 5.02. The summed E-state index contributed by atoms with van der Waals surface area (Å²) in [6, 6.07) is 14.6. The molecule has 0 unspecified atom stereocenters. The molecule has 2 aromatic carbocycles. The Balaban J connectivity index is 1.66. The van der Waals surface area contributed by atoms with Crippen LogP contribution in [0.4, 0.5) is 0 Å². The highest BCUT2D eigenvalue weighted by Gasteiger charge is 2.29. The number of nitrogens with one attached hydrogen (secondary N) is 1. The van der Waals surface area contributed by atoms with E-state index in [4.69, 9.17) is 0 Å². The molecule has 0 spiro atoms. The molecule has 1 aliphatic carbocycles. The standard InChI is InChI=1S/C21H21N3O2/c1-13(15-7-8-15)22-20(25)16-9-11-17(12-10-16)24-14(2)23-19-6-4-3-5-18(19)21(24)26/h3-6,9-13,15H,7-8H2,1-2H3,(H,22,25)/t13-/m1/s1. The average Bonchev–Trinajstić information content (AvgIpc) is 3.47. The first-order valence-electron chi connectivity index (χ1n) is 8.94. The monoisotopic (exact) mass is 347 g/mol. The van der Waals surface area contributed by atoms with Crippen LogP contribution in [0.15, 0.2) is 53.3 Å². The molecule has 4 rings (SSSR count). The number of hydrogen-bond donors (Lipinski definition) is 1. The summed E-state index contributed by atoms with van der Waals surface area (Å²) >= 11 is 0. The summed E-state index contributed by atoms with van der Waals surface area (Å²) in [6.45, 7) is 3.86. The molecule has 1 atom stereocenters. The van der Waals surface area contributed by atoms with Crippen molar-refractivity contribution in [3.8, 4) is 5.69 Å². The molecule has 0 radical (unpaired) electrons. The molecule has 1 aromatic heterocycles. The van der Waals surface area contributed by atoms with Gasteiger partial charge in [0.25, 0.3) is 11.5 Å². The van der Waals surface area contributed by atoms with Crippen molar-refractivity contribution in [3.63, 3.8) is 0 Å². The van der Waals surface area contributed by atoms with E-state index in [1.165, 1.54) is 12.8 Å². The summed E-state index contributed by atoms with van der Waals surface area (Å²) < 4.78 is 1.58. The second kappa shape index (κ2) is 6.41. The first kappa shape index (κ1) is 16.5. The number of aryl methyl sites for hydroxylation is 1. The zero-order chi connectivity index (χ0) is 18.3. The SMILES string of the molecule is Cc1nc2ccccc2c(=O)n1-c1ccc(C(=O)N[C@H](C)C2CC2)cc1. The van der Waals surface area contributed by atoms with Gasteiger partial charge in [-0.3, -0.25) is 14.2 Å². The Morgan fingerprint density at radius 2 is 1.85 bits per heavy atom. The zero-order valence-corrected chi connectivity index (χ0v) is 14.9. The molecule has 1 N–H and O–H groups in total. The summed E-state index contributed by atoms with van der Waals surface area (Å²) in [5.74, 6) is 1.16. The van der Waals surface area contributed by atoms with Crippen LogP contribution in [0.2, 0.25) is 0 Å². The van der Waals surface area contributed by atoms with E-state index < -0.39 is 0 Å². The zero-order valence-electron chi connectivity index (χ0n) is 14.9. The lowest BCUT2D eigenvalue weighted by Crippen LogP contribution is -2.34. The second-order valence-corrected chi connectivity index (χ2v) is 6.96. The highest BCUT2D eigenvalue weighted by atomic mass is 16.1. The Labute approximate surface area is 151 Å². The van der Waals surface area contributed by atoms with Gasteiger partial charge in [0.15, 0.2) is 0 Å². The summed E-state index contributed by atoms with van der Waals surface area (Å²) in [6.07, 6.45) is 2.38. The van der Waals surface area contributed by atoms with Crippen molar-refractivity contribution in [2.75, 3.05) is 0 Å². The predicted octanol–water partition coefficient (Wildman–Crippen LogP) is 3.22. The van der Waals surface area contributed by atoms with Crippen molar-refractivity contribution in [1.29, 1.82) is 0 Å². The number of para-hydroxylation sites is 1. The number of nitrogens with zero attached hydrogens (tertiary/aromatic N) is 2. The Bertz CT molecular complexity index is 1030. The van der Waals surface area contributed by atoms with Crippen LogP contribution in [0.3, 0.4) is 0 Å². The Morgan fingerprint density at radius 1 is 1.15 bits per heavy atom. The number of amides is 1. The third kappa shape index (κ3) is 3.01. The molecular weight excluding hydrogens is 326 g/mol. The normalized spacial score (nSPS) is 15.0. The van der Waals surface area contributed by atoms with E-state index in [9.17, 15) is 9.59 Å². The fourth-order valence-electron chi connectivity index (χ4n) is 3.31. The van der Waals surface area contributed by atoms with Crippen molar-refractivity contribution in [2.24, 2.45) is 5.92 Å². The molecular formula is C21H21N3O2. The lowest BCUT2D eigenvalue weighted by Gasteiger charge is -2.14. The van der Waals surface area contributed by atoms with Gasteiger partial charge >= 0.3 is 0 Å². The minimum atomic E-state index is -0.104. The van der Waals surface area contributed by atoms with Gasteiger partial charge in [-0.1, -0.05) is 12.1 Å². The van der Waals surface area contributed by atoms with E-state index in [0.29, 0.717) is 33.9 Å². The first-order valence-corrected chi connectivity index (χ1v) is 8.94. The van der Waals surface area contributed by atoms with Gasteiger partial charge in [-0.25, -0.2) is 4.98 Å². The minimum absolute atomic E-state index is 0.0725. The lowest BCUT2D eigenvalue weighted by atomic mass is 10.1. The van der Waals surface area contributed by atoms with Crippen LogP contribution >= 0.6 is 0 Å². The van der Waals surface area contributed by atoms with E-state index in [1.807, 2.05) is 32.0 Å². The van der Waals surface area contributed by atoms with Gasteiger partial charge in [0, 0.05) is 11.6 Å². The van der Waals surface area contributed by atoms with E-state index in [-0.39, 0.29) is 17.5 Å². The topological polar surface area (TPSA) is 64.0 Å². The van der Waals surface area contributed by atoms with Crippen LogP contribution in [-0.2, 0) is 0 Å². The van der Waals surface area contributed by atoms with E-state index in [1.54, 1.807) is 34.9 Å². The van der Waals surface area contributed by atoms with Crippen molar-refractivity contribution < 1.29 is 4.79 Å².